The third-order valence-corrected chi connectivity index (χ3v) is 6.24. The van der Waals surface area contributed by atoms with Gasteiger partial charge in [-0.1, -0.05) is 59.1 Å². The largest absolute Gasteiger partial charge is 0.422 e. The van der Waals surface area contributed by atoms with E-state index in [-0.39, 0.29) is 11.6 Å². The maximum Gasteiger partial charge on any atom is 0.343 e. The summed E-state index contributed by atoms with van der Waals surface area (Å²) in [6.45, 7) is 0. The summed E-state index contributed by atoms with van der Waals surface area (Å²) < 4.78 is 6.76. The van der Waals surface area contributed by atoms with Gasteiger partial charge in [-0.2, -0.15) is 9.78 Å². The summed E-state index contributed by atoms with van der Waals surface area (Å²) in [6, 6.07) is 25.0. The second-order valence-electron chi connectivity index (χ2n) is 7.87. The van der Waals surface area contributed by atoms with Crippen molar-refractivity contribution >= 4 is 57.9 Å². The van der Waals surface area contributed by atoms with E-state index in [1.54, 1.807) is 91.0 Å². The number of halogens is 3. The van der Waals surface area contributed by atoms with Gasteiger partial charge in [0.2, 0.25) is 0 Å². The molecule has 0 radical (unpaired) electrons. The lowest BCUT2D eigenvalue weighted by Crippen LogP contribution is -2.20. The van der Waals surface area contributed by atoms with Crippen LogP contribution in [0.2, 0.25) is 15.1 Å². The molecular formula is C28H16Cl3N3O3. The zero-order chi connectivity index (χ0) is 25.9. The first-order valence-corrected chi connectivity index (χ1v) is 12.1. The van der Waals surface area contributed by atoms with Crippen LogP contribution in [0, 0.1) is 0 Å². The van der Waals surface area contributed by atoms with Crippen molar-refractivity contribution in [1.82, 2.24) is 9.66 Å². The number of hydrogen-bond donors (Lipinski definition) is 0. The number of hydrogen-bond acceptors (Lipinski definition) is 5. The lowest BCUT2D eigenvalue weighted by atomic mass is 10.2. The summed E-state index contributed by atoms with van der Waals surface area (Å²) in [4.78, 5) is 30.7. The molecule has 182 valence electrons. The molecule has 6 nitrogen and oxygen atoms in total. The Bertz CT molecular complexity index is 1730. The fourth-order valence-corrected chi connectivity index (χ4v) is 4.24. The van der Waals surface area contributed by atoms with E-state index in [0.29, 0.717) is 42.7 Å². The highest BCUT2D eigenvalue weighted by Gasteiger charge is 2.16. The first kappa shape index (κ1) is 24.7. The first-order valence-electron chi connectivity index (χ1n) is 11.0. The number of para-hydroxylation sites is 2. The number of carbonyl (C=O) groups is 1. The number of esters is 1. The Labute approximate surface area is 226 Å². The summed E-state index contributed by atoms with van der Waals surface area (Å²) in [5.74, 6) is -0.0629. The molecule has 37 heavy (non-hydrogen) atoms. The molecule has 5 rings (SSSR count). The van der Waals surface area contributed by atoms with Crippen LogP contribution >= 0.6 is 34.8 Å². The van der Waals surface area contributed by atoms with E-state index < -0.39 is 11.5 Å². The minimum Gasteiger partial charge on any atom is -0.422 e. The predicted molar refractivity (Wildman–Crippen MR) is 147 cm³/mol. The summed E-state index contributed by atoms with van der Waals surface area (Å²) >= 11 is 18.4. The number of rotatable bonds is 5. The third-order valence-electron chi connectivity index (χ3n) is 5.44. The molecule has 0 saturated heterocycles. The van der Waals surface area contributed by atoms with E-state index in [4.69, 9.17) is 39.5 Å². The van der Waals surface area contributed by atoms with Crippen LogP contribution in [0.25, 0.3) is 22.3 Å². The quantitative estimate of drug-likeness (QED) is 0.133. The Kier molecular flexibility index (Phi) is 7.06. The molecule has 0 amide bonds. The van der Waals surface area contributed by atoms with E-state index in [1.165, 1.54) is 6.21 Å². The van der Waals surface area contributed by atoms with E-state index in [0.717, 1.165) is 4.68 Å². The third kappa shape index (κ3) is 5.27. The smallest absolute Gasteiger partial charge is 0.343 e. The SMILES string of the molecule is O=C(Oc1ccccc1C=Nn1c(-c2ccc(Cl)cc2Cl)nc2ccccc2c1=O)c1ccc(Cl)cc1. The zero-order valence-electron chi connectivity index (χ0n) is 18.9. The van der Waals surface area contributed by atoms with Gasteiger partial charge in [0.1, 0.15) is 5.75 Å². The standard InChI is InChI=1S/C28H16Cl3N3O3/c29-19-11-9-17(10-12-19)28(36)37-25-8-4-1-5-18(25)16-32-34-26(21-14-13-20(30)15-23(21)31)33-24-7-3-2-6-22(24)27(34)35/h1-16H. The zero-order valence-corrected chi connectivity index (χ0v) is 21.2. The monoisotopic (exact) mass is 547 g/mol. The second kappa shape index (κ2) is 10.6. The highest BCUT2D eigenvalue weighted by molar-refractivity contribution is 6.36. The van der Waals surface area contributed by atoms with Gasteiger partial charge in [-0.25, -0.2) is 9.78 Å². The molecule has 0 aliphatic heterocycles. The van der Waals surface area contributed by atoms with Gasteiger partial charge >= 0.3 is 5.97 Å². The van der Waals surface area contributed by atoms with Crippen LogP contribution in [0.4, 0.5) is 0 Å². The predicted octanol–water partition coefficient (Wildman–Crippen LogP) is 7.13. The summed E-state index contributed by atoms with van der Waals surface area (Å²) in [5.41, 5.74) is 1.40. The van der Waals surface area contributed by atoms with Gasteiger partial charge in [0.25, 0.3) is 5.56 Å². The van der Waals surface area contributed by atoms with Gasteiger partial charge in [0, 0.05) is 21.2 Å². The van der Waals surface area contributed by atoms with Crippen molar-refractivity contribution in [2.75, 3.05) is 0 Å². The van der Waals surface area contributed by atoms with Crippen LogP contribution in [-0.2, 0) is 0 Å². The van der Waals surface area contributed by atoms with Crippen molar-refractivity contribution in [3.8, 4) is 17.1 Å². The van der Waals surface area contributed by atoms with Crippen LogP contribution in [0.1, 0.15) is 15.9 Å². The normalized spacial score (nSPS) is 11.2. The average molecular weight is 549 g/mol. The molecule has 0 fully saturated rings. The molecule has 0 N–H and O–H groups in total. The van der Waals surface area contributed by atoms with Crippen molar-refractivity contribution in [2.24, 2.45) is 5.10 Å². The number of fused-ring (bicyclic) bond motifs is 1. The fraction of sp³-hybridized carbons (Fsp3) is 0. The molecule has 9 heteroatoms. The number of aromatic nitrogens is 2. The molecule has 0 spiro atoms. The van der Waals surface area contributed by atoms with Gasteiger partial charge in [-0.3, -0.25) is 4.79 Å². The molecule has 4 aromatic carbocycles. The van der Waals surface area contributed by atoms with Crippen molar-refractivity contribution in [1.29, 1.82) is 0 Å². The molecule has 1 aromatic heterocycles. The topological polar surface area (TPSA) is 73.5 Å². The Morgan fingerprint density at radius 2 is 1.57 bits per heavy atom. The Balaban J connectivity index is 1.58. The summed E-state index contributed by atoms with van der Waals surface area (Å²) in [5, 5.41) is 6.09. The van der Waals surface area contributed by atoms with E-state index in [9.17, 15) is 9.59 Å². The molecule has 5 aromatic rings. The molecule has 0 saturated carbocycles. The average Bonchev–Trinajstić information content (AvgIpc) is 2.89. The van der Waals surface area contributed by atoms with Crippen molar-refractivity contribution in [3.05, 3.63) is 128 Å². The van der Waals surface area contributed by atoms with Crippen LogP contribution in [0.3, 0.4) is 0 Å². The van der Waals surface area contributed by atoms with Crippen LogP contribution in [-0.4, -0.2) is 21.8 Å². The molecule has 0 bridgehead atoms. The molecule has 0 aliphatic rings. The lowest BCUT2D eigenvalue weighted by molar-refractivity contribution is 0.0734. The van der Waals surface area contributed by atoms with Crippen LogP contribution < -0.4 is 10.3 Å². The van der Waals surface area contributed by atoms with Crippen LogP contribution in [0.15, 0.2) is 101 Å². The van der Waals surface area contributed by atoms with E-state index in [2.05, 4.69) is 10.1 Å². The molecule has 0 aliphatic carbocycles. The van der Waals surface area contributed by atoms with E-state index in [1.807, 2.05) is 0 Å². The van der Waals surface area contributed by atoms with Crippen molar-refractivity contribution in [3.63, 3.8) is 0 Å². The first-order chi connectivity index (χ1) is 17.9. The minimum atomic E-state index is -0.560. The molecule has 1 heterocycles. The number of carbonyl (C=O) groups excluding carboxylic acids is 1. The Hall–Kier alpha value is -3.97. The van der Waals surface area contributed by atoms with Crippen molar-refractivity contribution < 1.29 is 9.53 Å². The van der Waals surface area contributed by atoms with Crippen molar-refractivity contribution in [2.45, 2.75) is 0 Å². The maximum absolute atomic E-state index is 13.4. The highest BCUT2D eigenvalue weighted by Crippen LogP contribution is 2.29. The fourth-order valence-electron chi connectivity index (χ4n) is 3.62. The number of ether oxygens (including phenoxy) is 1. The Morgan fingerprint density at radius 3 is 2.35 bits per heavy atom. The summed E-state index contributed by atoms with van der Waals surface area (Å²) in [6.07, 6.45) is 1.43. The van der Waals surface area contributed by atoms with Crippen LogP contribution in [0.5, 0.6) is 5.75 Å². The number of benzene rings is 4. The number of nitrogens with zero attached hydrogens (tertiary/aromatic N) is 3. The molecule has 0 unspecified atom stereocenters. The highest BCUT2D eigenvalue weighted by atomic mass is 35.5. The maximum atomic E-state index is 13.4. The molecular weight excluding hydrogens is 533 g/mol. The molecule has 0 atom stereocenters. The van der Waals surface area contributed by atoms with Gasteiger partial charge in [-0.15, -0.1) is 0 Å². The van der Waals surface area contributed by atoms with Gasteiger partial charge in [0.05, 0.1) is 27.7 Å². The van der Waals surface area contributed by atoms with Gasteiger partial charge < -0.3 is 4.74 Å². The van der Waals surface area contributed by atoms with Gasteiger partial charge in [-0.05, 0) is 66.7 Å². The second-order valence-corrected chi connectivity index (χ2v) is 9.15. The minimum absolute atomic E-state index is 0.234. The van der Waals surface area contributed by atoms with Gasteiger partial charge in [0.15, 0.2) is 5.82 Å². The summed E-state index contributed by atoms with van der Waals surface area (Å²) in [7, 11) is 0. The lowest BCUT2D eigenvalue weighted by Gasteiger charge is -2.11. The van der Waals surface area contributed by atoms with E-state index >= 15 is 0 Å². The Morgan fingerprint density at radius 1 is 0.865 bits per heavy atom.